The van der Waals surface area contributed by atoms with Crippen LogP contribution in [-0.4, -0.2) is 117 Å². The minimum absolute atomic E-state index is 0.0180. The fraction of sp³-hybridized carbons (Fsp3) is 0.489. The Labute approximate surface area is 375 Å². The van der Waals surface area contributed by atoms with Gasteiger partial charge < -0.3 is 57.7 Å². The van der Waals surface area contributed by atoms with Crippen molar-refractivity contribution in [1.29, 1.82) is 5.26 Å². The molecule has 344 valence electrons. The van der Waals surface area contributed by atoms with Crippen LogP contribution in [-0.2, 0) is 31.0 Å². The first-order chi connectivity index (χ1) is 30.6. The Morgan fingerprint density at radius 2 is 1.48 bits per heavy atom. The summed E-state index contributed by atoms with van der Waals surface area (Å²) in [5.74, 6) is -1.48. The quantitative estimate of drug-likeness (QED) is 0.116. The van der Waals surface area contributed by atoms with Gasteiger partial charge in [0.25, 0.3) is 0 Å². The standard InChI is InChI=1S/C47H64N10O7/c1-29-42(58)54-38(43(59)52-21-18-49)27-30-6-12-39(63-24-19-50)35(26-30)36-28-33(9-13-40(36)64-25-20-51)41(44(60)53-29)56(5)45(61)37(14-17-48)55-46(62)57-22-15-32(16-23-57)31-7-10-34(11-8-31)47(2,3)4/h6-13,26,28-29,32,37-38,41H,14-17,19-25,27,48,50-51H2,1-5H3,(H,52,59)(H,53,60)(H,54,58)(H,55,62)/t29-,37-,38-,41-/m0/s1. The molecule has 0 saturated carbocycles. The molecular weight excluding hydrogens is 817 g/mol. The number of amides is 6. The number of nitrogens with zero attached hydrogens (tertiary/aromatic N) is 3. The van der Waals surface area contributed by atoms with Crippen LogP contribution >= 0.6 is 0 Å². The van der Waals surface area contributed by atoms with Crippen molar-refractivity contribution in [2.24, 2.45) is 17.2 Å². The molecule has 2 heterocycles. The number of likely N-dealkylation sites (tertiary alicyclic amines) is 1. The van der Waals surface area contributed by atoms with Crippen molar-refractivity contribution >= 4 is 29.7 Å². The second-order valence-corrected chi connectivity index (χ2v) is 17.3. The second-order valence-electron chi connectivity index (χ2n) is 17.3. The predicted molar refractivity (Wildman–Crippen MR) is 243 cm³/mol. The molecule has 0 radical (unpaired) electrons. The summed E-state index contributed by atoms with van der Waals surface area (Å²) in [7, 11) is 1.46. The number of carbonyl (C=O) groups is 5. The van der Waals surface area contributed by atoms with Crippen molar-refractivity contribution in [3.05, 3.63) is 82.9 Å². The molecule has 1 fully saturated rings. The summed E-state index contributed by atoms with van der Waals surface area (Å²) in [4.78, 5) is 72.9. The molecule has 2 aliphatic rings. The average molecular weight is 881 g/mol. The zero-order valence-corrected chi connectivity index (χ0v) is 37.6. The number of nitrogens with two attached hydrogens (primary N) is 3. The van der Waals surface area contributed by atoms with Gasteiger partial charge in [0, 0.05) is 50.8 Å². The van der Waals surface area contributed by atoms with E-state index in [4.69, 9.17) is 31.9 Å². The van der Waals surface area contributed by atoms with Crippen molar-refractivity contribution in [3.8, 4) is 28.7 Å². The summed E-state index contributed by atoms with van der Waals surface area (Å²) in [5.41, 5.74) is 22.2. The van der Waals surface area contributed by atoms with Crippen LogP contribution in [0.1, 0.15) is 81.2 Å². The van der Waals surface area contributed by atoms with Crippen LogP contribution in [0.2, 0.25) is 0 Å². The molecule has 2 aliphatic heterocycles. The Kier molecular flexibility index (Phi) is 17.1. The van der Waals surface area contributed by atoms with Crippen LogP contribution in [0, 0.1) is 11.3 Å². The topological polar surface area (TPSA) is 260 Å². The highest BCUT2D eigenvalue weighted by Crippen LogP contribution is 2.40. The maximum absolute atomic E-state index is 14.6. The monoisotopic (exact) mass is 880 g/mol. The maximum atomic E-state index is 14.6. The zero-order chi connectivity index (χ0) is 46.6. The first-order valence-electron chi connectivity index (χ1n) is 21.9. The number of nitriles is 1. The van der Waals surface area contributed by atoms with Gasteiger partial charge >= 0.3 is 6.03 Å². The highest BCUT2D eigenvalue weighted by atomic mass is 16.5. The van der Waals surface area contributed by atoms with Gasteiger partial charge in [0.15, 0.2) is 0 Å². The average Bonchev–Trinajstić information content (AvgIpc) is 3.28. The molecule has 0 spiro atoms. The molecule has 64 heavy (non-hydrogen) atoms. The van der Waals surface area contributed by atoms with E-state index >= 15 is 0 Å². The van der Waals surface area contributed by atoms with E-state index in [0.717, 1.165) is 12.8 Å². The summed E-state index contributed by atoms with van der Waals surface area (Å²) in [6.07, 6.45) is 1.61. The van der Waals surface area contributed by atoms with Gasteiger partial charge in [-0.05, 0) is 90.6 Å². The van der Waals surface area contributed by atoms with E-state index in [9.17, 15) is 24.0 Å². The number of fused-ring (bicyclic) bond motifs is 5. The fourth-order valence-corrected chi connectivity index (χ4v) is 8.04. The molecule has 4 atom stereocenters. The lowest BCUT2D eigenvalue weighted by atomic mass is 9.84. The highest BCUT2D eigenvalue weighted by molar-refractivity contribution is 5.96. The third-order valence-electron chi connectivity index (χ3n) is 11.6. The molecular formula is C47H64N10O7. The second kappa shape index (κ2) is 22.4. The maximum Gasteiger partial charge on any atom is 0.318 e. The van der Waals surface area contributed by atoms with Crippen molar-refractivity contribution in [3.63, 3.8) is 0 Å². The van der Waals surface area contributed by atoms with E-state index < -0.39 is 53.8 Å². The lowest BCUT2D eigenvalue weighted by Gasteiger charge is -2.35. The van der Waals surface area contributed by atoms with Gasteiger partial charge in [-0.3, -0.25) is 19.2 Å². The Morgan fingerprint density at radius 3 is 2.08 bits per heavy atom. The van der Waals surface area contributed by atoms with Gasteiger partial charge in [-0.2, -0.15) is 5.26 Å². The Bertz CT molecular complexity index is 2160. The number of benzene rings is 3. The Hall–Kier alpha value is -6.22. The third kappa shape index (κ3) is 12.3. The van der Waals surface area contributed by atoms with Crippen molar-refractivity contribution in [2.75, 3.05) is 59.5 Å². The van der Waals surface area contributed by atoms with Gasteiger partial charge in [0.1, 0.15) is 55.4 Å². The number of piperidine rings is 1. The van der Waals surface area contributed by atoms with E-state index in [1.54, 1.807) is 41.3 Å². The largest absolute Gasteiger partial charge is 0.492 e. The third-order valence-corrected chi connectivity index (χ3v) is 11.6. The molecule has 0 unspecified atom stereocenters. The molecule has 5 rings (SSSR count). The first-order valence-corrected chi connectivity index (χ1v) is 21.9. The Morgan fingerprint density at radius 1 is 0.875 bits per heavy atom. The van der Waals surface area contributed by atoms with Gasteiger partial charge in [-0.25, -0.2) is 4.79 Å². The van der Waals surface area contributed by atoms with Crippen LogP contribution in [0.5, 0.6) is 11.5 Å². The van der Waals surface area contributed by atoms with Crippen molar-refractivity contribution < 1.29 is 33.4 Å². The summed E-state index contributed by atoms with van der Waals surface area (Å²) < 4.78 is 12.2. The summed E-state index contributed by atoms with van der Waals surface area (Å²) >= 11 is 0. The van der Waals surface area contributed by atoms with E-state index in [2.05, 4.69) is 66.3 Å². The van der Waals surface area contributed by atoms with Crippen LogP contribution in [0.3, 0.4) is 0 Å². The number of rotatable bonds is 14. The van der Waals surface area contributed by atoms with Gasteiger partial charge in [0.05, 0.1) is 6.07 Å². The molecule has 3 aromatic rings. The Balaban J connectivity index is 1.49. The van der Waals surface area contributed by atoms with Gasteiger partial charge in [-0.1, -0.05) is 57.2 Å². The predicted octanol–water partition coefficient (Wildman–Crippen LogP) is 2.32. The number of hydrogen-bond donors (Lipinski definition) is 7. The molecule has 6 amide bonds. The smallest absolute Gasteiger partial charge is 0.318 e. The lowest BCUT2D eigenvalue weighted by Crippen LogP contribution is -2.57. The zero-order valence-electron chi connectivity index (χ0n) is 37.6. The van der Waals surface area contributed by atoms with Crippen LogP contribution in [0.25, 0.3) is 11.1 Å². The number of ether oxygens (including phenoxy) is 2. The van der Waals surface area contributed by atoms with Crippen LogP contribution in [0.4, 0.5) is 4.79 Å². The van der Waals surface area contributed by atoms with Gasteiger partial charge in [0.2, 0.25) is 23.6 Å². The molecule has 0 aliphatic carbocycles. The number of likely N-dealkylation sites (N-methyl/N-ethyl adjacent to an activating group) is 1. The minimum Gasteiger partial charge on any atom is -0.492 e. The minimum atomic E-state index is -1.35. The van der Waals surface area contributed by atoms with Gasteiger partial charge in [-0.15, -0.1) is 0 Å². The lowest BCUT2D eigenvalue weighted by molar-refractivity contribution is -0.141. The number of hydrogen-bond acceptors (Lipinski definition) is 11. The number of nitrogens with one attached hydrogen (secondary N) is 4. The van der Waals surface area contributed by atoms with Crippen LogP contribution in [0.15, 0.2) is 60.7 Å². The molecule has 10 N–H and O–H groups in total. The molecule has 17 heteroatoms. The number of carbonyl (C=O) groups excluding carboxylic acids is 5. The summed E-state index contributed by atoms with van der Waals surface area (Å²) in [6.45, 7) is 9.49. The van der Waals surface area contributed by atoms with Crippen LogP contribution < -0.4 is 47.9 Å². The highest BCUT2D eigenvalue weighted by Gasteiger charge is 2.37. The summed E-state index contributed by atoms with van der Waals surface area (Å²) in [6, 6.07) is 15.6. The van der Waals surface area contributed by atoms with Crippen molar-refractivity contribution in [1.82, 2.24) is 31.1 Å². The molecule has 1 saturated heterocycles. The molecule has 17 nitrogen and oxygen atoms in total. The van der Waals surface area contributed by atoms with Crippen molar-refractivity contribution in [2.45, 2.75) is 88.9 Å². The first kappa shape index (κ1) is 48.8. The van der Waals surface area contributed by atoms with E-state index in [1.807, 2.05) is 6.07 Å². The normalized spacial score (nSPS) is 18.6. The molecule has 0 aromatic heterocycles. The molecule has 3 aromatic carbocycles. The molecule has 4 bridgehead atoms. The SMILES string of the molecule is C[C@@H]1NC(=O)[C@@H](N(C)C(=O)[C@H](CCN)NC(=O)N2CCC(c3ccc(C(C)(C)C)cc3)CC2)c2ccc(OCCN)c(c2)-c2cc(ccc2OCCN)C[C@@H](C(=O)NCC#N)NC1=O. The van der Waals surface area contributed by atoms with E-state index in [-0.39, 0.29) is 63.6 Å². The summed E-state index contributed by atoms with van der Waals surface area (Å²) in [5, 5.41) is 20.0. The fourth-order valence-electron chi connectivity index (χ4n) is 8.04. The number of urea groups is 1. The van der Waals surface area contributed by atoms with E-state index in [1.165, 1.54) is 30.0 Å². The van der Waals surface area contributed by atoms with E-state index in [0.29, 0.717) is 46.8 Å².